The van der Waals surface area contributed by atoms with E-state index in [1.165, 1.54) is 16.8 Å². The SMILES string of the molecule is Cc1c(C)n(Cc2ccc(-c3ccccc3C(N)=O)cc2)c2ccc(C(=O)N[C@@H](C)c3cccc(C(C)C)c3)cc12. The minimum Gasteiger partial charge on any atom is -0.366 e. The average molecular weight is 544 g/mol. The summed E-state index contributed by atoms with van der Waals surface area (Å²) in [7, 11) is 0. The van der Waals surface area contributed by atoms with E-state index in [0.29, 0.717) is 23.6 Å². The van der Waals surface area contributed by atoms with Gasteiger partial charge in [-0.2, -0.15) is 0 Å². The quantitative estimate of drug-likeness (QED) is 0.210. The Hall–Kier alpha value is -4.64. The highest BCUT2D eigenvalue weighted by Crippen LogP contribution is 2.29. The van der Waals surface area contributed by atoms with Crippen LogP contribution in [0.1, 0.15) is 81.4 Å². The van der Waals surface area contributed by atoms with Crippen molar-refractivity contribution in [2.75, 3.05) is 0 Å². The molecule has 0 radical (unpaired) electrons. The van der Waals surface area contributed by atoms with E-state index in [0.717, 1.165) is 33.2 Å². The molecule has 0 aliphatic rings. The van der Waals surface area contributed by atoms with E-state index < -0.39 is 5.91 Å². The molecule has 3 N–H and O–H groups in total. The number of carbonyl (C=O) groups is 2. The van der Waals surface area contributed by atoms with E-state index in [1.807, 2.05) is 55.5 Å². The smallest absolute Gasteiger partial charge is 0.251 e. The fourth-order valence-corrected chi connectivity index (χ4v) is 5.47. The Labute approximate surface area is 242 Å². The lowest BCUT2D eigenvalue weighted by molar-refractivity contribution is 0.0939. The first-order valence-electron chi connectivity index (χ1n) is 14.1. The zero-order chi connectivity index (χ0) is 29.3. The van der Waals surface area contributed by atoms with Gasteiger partial charge in [-0.1, -0.05) is 80.6 Å². The summed E-state index contributed by atoms with van der Waals surface area (Å²) in [4.78, 5) is 25.1. The zero-order valence-electron chi connectivity index (χ0n) is 24.4. The first-order valence-corrected chi connectivity index (χ1v) is 14.1. The Balaban J connectivity index is 1.37. The molecule has 5 rings (SSSR count). The van der Waals surface area contributed by atoms with Gasteiger partial charge in [0.1, 0.15) is 0 Å². The van der Waals surface area contributed by atoms with E-state index in [9.17, 15) is 9.59 Å². The minimum atomic E-state index is -0.433. The van der Waals surface area contributed by atoms with E-state index in [2.05, 4.69) is 74.0 Å². The summed E-state index contributed by atoms with van der Waals surface area (Å²) in [5.74, 6) is -0.0737. The molecule has 2 amide bonds. The lowest BCUT2D eigenvalue weighted by Gasteiger charge is -2.16. The number of hydrogen-bond donors (Lipinski definition) is 2. The van der Waals surface area contributed by atoms with Crippen LogP contribution in [0.5, 0.6) is 0 Å². The van der Waals surface area contributed by atoms with Crippen LogP contribution in [0.3, 0.4) is 0 Å². The largest absolute Gasteiger partial charge is 0.366 e. The summed E-state index contributed by atoms with van der Waals surface area (Å²) in [6, 6.07) is 29.9. The number of aromatic nitrogens is 1. The molecule has 0 fully saturated rings. The Morgan fingerprint density at radius 1 is 0.829 bits per heavy atom. The molecule has 5 nitrogen and oxygen atoms in total. The van der Waals surface area contributed by atoms with Crippen LogP contribution in [0.2, 0.25) is 0 Å². The van der Waals surface area contributed by atoms with Crippen LogP contribution in [-0.4, -0.2) is 16.4 Å². The normalized spacial score (nSPS) is 12.0. The monoisotopic (exact) mass is 543 g/mol. The Morgan fingerprint density at radius 3 is 2.24 bits per heavy atom. The number of fused-ring (bicyclic) bond motifs is 1. The van der Waals surface area contributed by atoms with Gasteiger partial charge in [0.05, 0.1) is 6.04 Å². The molecule has 41 heavy (non-hydrogen) atoms. The predicted octanol–water partition coefficient (Wildman–Crippen LogP) is 7.69. The van der Waals surface area contributed by atoms with Gasteiger partial charge in [-0.3, -0.25) is 9.59 Å². The number of nitrogens with two attached hydrogens (primary N) is 1. The van der Waals surface area contributed by atoms with Crippen molar-refractivity contribution >= 4 is 22.7 Å². The third kappa shape index (κ3) is 5.66. The highest BCUT2D eigenvalue weighted by atomic mass is 16.2. The molecule has 1 aromatic heterocycles. The second-order valence-corrected chi connectivity index (χ2v) is 11.2. The number of primary amides is 1. The van der Waals surface area contributed by atoms with Crippen molar-refractivity contribution in [1.29, 1.82) is 0 Å². The Kier molecular flexibility index (Phi) is 7.80. The first kappa shape index (κ1) is 27.9. The summed E-state index contributed by atoms with van der Waals surface area (Å²) in [6.45, 7) is 11.3. The third-order valence-electron chi connectivity index (χ3n) is 8.12. The van der Waals surface area contributed by atoms with Crippen LogP contribution in [-0.2, 0) is 6.54 Å². The molecule has 0 unspecified atom stereocenters. The van der Waals surface area contributed by atoms with Gasteiger partial charge in [-0.15, -0.1) is 0 Å². The molecular weight excluding hydrogens is 506 g/mol. The molecule has 1 heterocycles. The first-order chi connectivity index (χ1) is 19.6. The van der Waals surface area contributed by atoms with Gasteiger partial charge < -0.3 is 15.6 Å². The van der Waals surface area contributed by atoms with E-state index in [-0.39, 0.29) is 11.9 Å². The maximum absolute atomic E-state index is 13.3. The fourth-order valence-electron chi connectivity index (χ4n) is 5.47. The molecule has 0 aliphatic heterocycles. The summed E-state index contributed by atoms with van der Waals surface area (Å²) in [6.07, 6.45) is 0. The molecule has 0 saturated heterocycles. The van der Waals surface area contributed by atoms with Crippen LogP contribution in [0.15, 0.2) is 91.0 Å². The summed E-state index contributed by atoms with van der Waals surface area (Å²) < 4.78 is 2.29. The van der Waals surface area contributed by atoms with Crippen molar-refractivity contribution in [2.45, 2.75) is 53.1 Å². The number of carbonyl (C=O) groups excluding carboxylic acids is 2. The number of rotatable bonds is 8. The molecule has 0 bridgehead atoms. The topological polar surface area (TPSA) is 77.1 Å². The van der Waals surface area contributed by atoms with Crippen LogP contribution in [0.25, 0.3) is 22.0 Å². The van der Waals surface area contributed by atoms with Crippen molar-refractivity contribution < 1.29 is 9.59 Å². The number of aryl methyl sites for hydroxylation is 1. The standard InChI is InChI=1S/C36H37N3O2/c1-22(2)28-9-8-10-29(19-28)24(4)38-36(41)30-17-18-34-33(20-30)23(3)25(5)39(34)21-26-13-15-27(16-14-26)31-11-6-7-12-32(31)35(37)40/h6-20,22,24H,21H2,1-5H3,(H2,37,40)(H,38,41)/t24-/m0/s1. The molecular formula is C36H37N3O2. The maximum atomic E-state index is 13.3. The van der Waals surface area contributed by atoms with Crippen molar-refractivity contribution in [3.05, 3.63) is 130 Å². The number of benzene rings is 4. The summed E-state index contributed by atoms with van der Waals surface area (Å²) >= 11 is 0. The lowest BCUT2D eigenvalue weighted by atomic mass is 9.98. The molecule has 4 aromatic carbocycles. The van der Waals surface area contributed by atoms with Gasteiger partial charge in [0.15, 0.2) is 0 Å². The highest BCUT2D eigenvalue weighted by Gasteiger charge is 2.17. The number of nitrogens with zero attached hydrogens (tertiary/aromatic N) is 1. The lowest BCUT2D eigenvalue weighted by Crippen LogP contribution is -2.26. The molecule has 5 heteroatoms. The molecule has 1 atom stereocenters. The van der Waals surface area contributed by atoms with Gasteiger partial charge in [0, 0.05) is 34.3 Å². The van der Waals surface area contributed by atoms with Gasteiger partial charge in [0.25, 0.3) is 5.91 Å². The van der Waals surface area contributed by atoms with Gasteiger partial charge >= 0.3 is 0 Å². The van der Waals surface area contributed by atoms with Gasteiger partial charge in [0.2, 0.25) is 5.91 Å². The van der Waals surface area contributed by atoms with E-state index in [4.69, 9.17) is 5.73 Å². The molecule has 208 valence electrons. The van der Waals surface area contributed by atoms with E-state index >= 15 is 0 Å². The van der Waals surface area contributed by atoms with E-state index in [1.54, 1.807) is 6.07 Å². The second kappa shape index (κ2) is 11.5. The number of amides is 2. The van der Waals surface area contributed by atoms with Crippen molar-refractivity contribution in [3.63, 3.8) is 0 Å². The maximum Gasteiger partial charge on any atom is 0.251 e. The van der Waals surface area contributed by atoms with Crippen LogP contribution in [0.4, 0.5) is 0 Å². The summed E-state index contributed by atoms with van der Waals surface area (Å²) in [5, 5.41) is 4.26. The fraction of sp³-hybridized carbons (Fsp3) is 0.222. The molecule has 5 aromatic rings. The van der Waals surface area contributed by atoms with Crippen LogP contribution in [0, 0.1) is 13.8 Å². The Morgan fingerprint density at radius 2 is 1.54 bits per heavy atom. The van der Waals surface area contributed by atoms with Crippen LogP contribution >= 0.6 is 0 Å². The van der Waals surface area contributed by atoms with Crippen molar-refractivity contribution in [1.82, 2.24) is 9.88 Å². The molecule has 0 aliphatic carbocycles. The van der Waals surface area contributed by atoms with Crippen molar-refractivity contribution in [2.24, 2.45) is 5.73 Å². The Bertz CT molecular complexity index is 1750. The minimum absolute atomic E-state index is 0.0778. The molecule has 0 saturated carbocycles. The van der Waals surface area contributed by atoms with Crippen molar-refractivity contribution in [3.8, 4) is 11.1 Å². The molecule has 0 spiro atoms. The highest BCUT2D eigenvalue weighted by molar-refractivity contribution is 6.00. The van der Waals surface area contributed by atoms with Gasteiger partial charge in [-0.25, -0.2) is 0 Å². The van der Waals surface area contributed by atoms with Crippen LogP contribution < -0.4 is 11.1 Å². The second-order valence-electron chi connectivity index (χ2n) is 11.2. The summed E-state index contributed by atoms with van der Waals surface area (Å²) in [5.41, 5.74) is 15.5. The number of nitrogens with one attached hydrogen (secondary N) is 1. The third-order valence-corrected chi connectivity index (χ3v) is 8.12. The predicted molar refractivity (Wildman–Crippen MR) is 167 cm³/mol. The zero-order valence-corrected chi connectivity index (χ0v) is 24.4. The average Bonchev–Trinajstić information content (AvgIpc) is 3.21. The number of hydrogen-bond acceptors (Lipinski definition) is 2. The van der Waals surface area contributed by atoms with Gasteiger partial charge in [-0.05, 0) is 84.3 Å².